The fourth-order valence-electron chi connectivity index (χ4n) is 3.10. The fourth-order valence-corrected chi connectivity index (χ4v) is 3.10. The highest BCUT2D eigenvalue weighted by atomic mass is 16.6. The number of benzene rings is 1. The molecule has 1 amide bonds. The quantitative estimate of drug-likeness (QED) is 0.815. The molecule has 144 valence electrons. The van der Waals surface area contributed by atoms with Gasteiger partial charge in [0.1, 0.15) is 5.60 Å². The number of nitrogens with zero attached hydrogens (tertiary/aromatic N) is 1. The number of hydrogen-bond donors (Lipinski definition) is 1. The predicted molar refractivity (Wildman–Crippen MR) is 99.7 cm³/mol. The number of likely N-dealkylation sites (tertiary alicyclic amines) is 1. The average molecular weight is 362 g/mol. The van der Waals surface area contributed by atoms with Crippen LogP contribution < -0.4 is 5.32 Å². The van der Waals surface area contributed by atoms with Crippen molar-refractivity contribution in [3.8, 4) is 0 Å². The highest BCUT2D eigenvalue weighted by Crippen LogP contribution is 2.24. The second-order valence-electron chi connectivity index (χ2n) is 7.65. The van der Waals surface area contributed by atoms with Crippen molar-refractivity contribution in [3.05, 3.63) is 35.9 Å². The van der Waals surface area contributed by atoms with Crippen molar-refractivity contribution in [2.45, 2.75) is 52.3 Å². The number of amides is 1. The number of carbonyl (C=O) groups is 2. The molecule has 0 aliphatic carbocycles. The third-order valence-corrected chi connectivity index (χ3v) is 4.32. The summed E-state index contributed by atoms with van der Waals surface area (Å²) in [5.41, 5.74) is 0.560. The SMILES string of the molecule is CCOC(=O)[C@H]1CN(C(=O)OC(C)(C)C)CC1N[C@@H](C)c1ccccc1. The lowest BCUT2D eigenvalue weighted by atomic mass is 10.0. The van der Waals surface area contributed by atoms with Crippen LogP contribution in [-0.4, -0.2) is 48.3 Å². The molecule has 0 saturated carbocycles. The van der Waals surface area contributed by atoms with Gasteiger partial charge in [0.05, 0.1) is 12.5 Å². The Labute approximate surface area is 155 Å². The van der Waals surface area contributed by atoms with Crippen LogP contribution in [0, 0.1) is 5.92 Å². The molecule has 1 aliphatic heterocycles. The Kier molecular flexibility index (Phi) is 6.64. The maximum Gasteiger partial charge on any atom is 0.410 e. The van der Waals surface area contributed by atoms with E-state index < -0.39 is 17.6 Å². The molecule has 1 unspecified atom stereocenters. The van der Waals surface area contributed by atoms with Crippen molar-refractivity contribution in [2.24, 2.45) is 5.92 Å². The number of ether oxygens (including phenoxy) is 2. The van der Waals surface area contributed by atoms with E-state index in [1.807, 2.05) is 58.0 Å². The Morgan fingerprint density at radius 1 is 1.23 bits per heavy atom. The number of nitrogens with one attached hydrogen (secondary N) is 1. The molecule has 1 fully saturated rings. The predicted octanol–water partition coefficient (Wildman–Crippen LogP) is 3.14. The van der Waals surface area contributed by atoms with E-state index in [1.54, 1.807) is 11.8 Å². The Morgan fingerprint density at radius 2 is 1.88 bits per heavy atom. The van der Waals surface area contributed by atoms with Crippen molar-refractivity contribution in [3.63, 3.8) is 0 Å². The van der Waals surface area contributed by atoms with Crippen LogP contribution in [0.15, 0.2) is 30.3 Å². The summed E-state index contributed by atoms with van der Waals surface area (Å²) in [5, 5.41) is 3.48. The van der Waals surface area contributed by atoms with Gasteiger partial charge in [0, 0.05) is 25.2 Å². The largest absolute Gasteiger partial charge is 0.466 e. The van der Waals surface area contributed by atoms with Gasteiger partial charge >= 0.3 is 12.1 Å². The summed E-state index contributed by atoms with van der Waals surface area (Å²) in [6.45, 7) is 10.4. The molecule has 26 heavy (non-hydrogen) atoms. The third kappa shape index (κ3) is 5.46. The van der Waals surface area contributed by atoms with Gasteiger partial charge in [-0.05, 0) is 40.2 Å². The van der Waals surface area contributed by atoms with Gasteiger partial charge in [-0.2, -0.15) is 0 Å². The molecule has 1 saturated heterocycles. The molecule has 3 atom stereocenters. The zero-order valence-electron chi connectivity index (χ0n) is 16.3. The van der Waals surface area contributed by atoms with Crippen LogP contribution in [0.5, 0.6) is 0 Å². The third-order valence-electron chi connectivity index (χ3n) is 4.32. The molecule has 0 bridgehead atoms. The molecule has 1 aromatic carbocycles. The Balaban J connectivity index is 2.10. The van der Waals surface area contributed by atoms with E-state index >= 15 is 0 Å². The van der Waals surface area contributed by atoms with Gasteiger partial charge in [-0.1, -0.05) is 30.3 Å². The zero-order valence-corrected chi connectivity index (χ0v) is 16.3. The highest BCUT2D eigenvalue weighted by Gasteiger charge is 2.42. The second kappa shape index (κ2) is 8.54. The standard InChI is InChI=1S/C20H30N2O4/c1-6-25-18(23)16-12-22(19(24)26-20(3,4)5)13-17(16)21-14(2)15-10-8-7-9-11-15/h7-11,14,16-17,21H,6,12-13H2,1-5H3/t14-,16-,17?/m0/s1. The minimum absolute atomic E-state index is 0.0525. The maximum atomic E-state index is 12.4. The van der Waals surface area contributed by atoms with E-state index in [0.717, 1.165) is 5.56 Å². The molecule has 1 aliphatic rings. The van der Waals surface area contributed by atoms with Crippen LogP contribution in [0.3, 0.4) is 0 Å². The van der Waals surface area contributed by atoms with Gasteiger partial charge in [0.15, 0.2) is 0 Å². The maximum absolute atomic E-state index is 12.4. The van der Waals surface area contributed by atoms with E-state index in [2.05, 4.69) is 5.32 Å². The monoisotopic (exact) mass is 362 g/mol. The first-order valence-corrected chi connectivity index (χ1v) is 9.17. The lowest BCUT2D eigenvalue weighted by Gasteiger charge is -2.25. The summed E-state index contributed by atoms with van der Waals surface area (Å²) in [4.78, 5) is 26.4. The molecule has 0 spiro atoms. The van der Waals surface area contributed by atoms with E-state index in [9.17, 15) is 9.59 Å². The van der Waals surface area contributed by atoms with Crippen molar-refractivity contribution in [2.75, 3.05) is 19.7 Å². The first-order chi connectivity index (χ1) is 12.2. The lowest BCUT2D eigenvalue weighted by molar-refractivity contribution is -0.148. The molecule has 6 nitrogen and oxygen atoms in total. The van der Waals surface area contributed by atoms with Gasteiger partial charge in [-0.3, -0.25) is 4.79 Å². The second-order valence-corrected chi connectivity index (χ2v) is 7.65. The van der Waals surface area contributed by atoms with Crippen LogP contribution in [0.2, 0.25) is 0 Å². The number of rotatable bonds is 5. The minimum Gasteiger partial charge on any atom is -0.466 e. The Morgan fingerprint density at radius 3 is 2.46 bits per heavy atom. The summed E-state index contributed by atoms with van der Waals surface area (Å²) in [6, 6.07) is 9.89. The molecule has 1 aromatic rings. The molecule has 1 N–H and O–H groups in total. The van der Waals surface area contributed by atoms with Crippen molar-refractivity contribution >= 4 is 12.1 Å². The smallest absolute Gasteiger partial charge is 0.410 e. The topological polar surface area (TPSA) is 67.9 Å². The van der Waals surface area contributed by atoms with E-state index in [-0.39, 0.29) is 18.1 Å². The van der Waals surface area contributed by atoms with Crippen LogP contribution >= 0.6 is 0 Å². The molecule has 0 radical (unpaired) electrons. The number of hydrogen-bond acceptors (Lipinski definition) is 5. The molecule has 6 heteroatoms. The number of esters is 1. The fraction of sp³-hybridized carbons (Fsp3) is 0.600. The summed E-state index contributed by atoms with van der Waals surface area (Å²) < 4.78 is 10.7. The van der Waals surface area contributed by atoms with Crippen LogP contribution in [0.4, 0.5) is 4.79 Å². The first-order valence-electron chi connectivity index (χ1n) is 9.17. The van der Waals surface area contributed by atoms with Crippen molar-refractivity contribution in [1.29, 1.82) is 0 Å². The zero-order chi connectivity index (χ0) is 19.3. The summed E-state index contributed by atoms with van der Waals surface area (Å²) >= 11 is 0. The number of carbonyl (C=O) groups excluding carboxylic acids is 2. The molecular formula is C20H30N2O4. The normalized spacial score (nSPS) is 21.3. The van der Waals surface area contributed by atoms with Gasteiger partial charge in [0.2, 0.25) is 0 Å². The summed E-state index contributed by atoms with van der Waals surface area (Å²) in [7, 11) is 0. The van der Waals surface area contributed by atoms with Gasteiger partial charge in [-0.25, -0.2) is 4.79 Å². The summed E-state index contributed by atoms with van der Waals surface area (Å²) in [5.74, 6) is -0.690. The van der Waals surface area contributed by atoms with Crippen LogP contribution in [0.1, 0.15) is 46.2 Å². The van der Waals surface area contributed by atoms with Crippen molar-refractivity contribution in [1.82, 2.24) is 10.2 Å². The lowest BCUT2D eigenvalue weighted by Crippen LogP contribution is -2.41. The Hall–Kier alpha value is -2.08. The van der Waals surface area contributed by atoms with Crippen LogP contribution in [0.25, 0.3) is 0 Å². The minimum atomic E-state index is -0.570. The van der Waals surface area contributed by atoms with Gasteiger partial charge < -0.3 is 19.7 Å². The van der Waals surface area contributed by atoms with E-state index in [1.165, 1.54) is 0 Å². The first kappa shape index (κ1) is 20.2. The van der Waals surface area contributed by atoms with E-state index in [4.69, 9.17) is 9.47 Å². The van der Waals surface area contributed by atoms with Crippen molar-refractivity contribution < 1.29 is 19.1 Å². The highest BCUT2D eigenvalue weighted by molar-refractivity contribution is 5.77. The van der Waals surface area contributed by atoms with Gasteiger partial charge in [0.25, 0.3) is 0 Å². The molecular weight excluding hydrogens is 332 g/mol. The average Bonchev–Trinajstić information content (AvgIpc) is 2.98. The van der Waals surface area contributed by atoms with Gasteiger partial charge in [-0.15, -0.1) is 0 Å². The Bertz CT molecular complexity index is 612. The van der Waals surface area contributed by atoms with Crippen LogP contribution in [-0.2, 0) is 14.3 Å². The molecule has 2 rings (SSSR count). The summed E-state index contributed by atoms with van der Waals surface area (Å²) in [6.07, 6.45) is -0.400. The molecule has 1 heterocycles. The molecule has 0 aromatic heterocycles. The van der Waals surface area contributed by atoms with E-state index in [0.29, 0.717) is 19.7 Å².